The van der Waals surface area contributed by atoms with Crippen LogP contribution in [0.3, 0.4) is 0 Å². The first-order chi connectivity index (χ1) is 27.7. The van der Waals surface area contributed by atoms with E-state index in [-0.39, 0.29) is 44.5 Å². The lowest BCUT2D eigenvalue weighted by Crippen LogP contribution is -2.46. The van der Waals surface area contributed by atoms with Gasteiger partial charge in [0.15, 0.2) is 5.75 Å². The number of nitrogens with zero attached hydrogens (tertiary/aromatic N) is 3. The van der Waals surface area contributed by atoms with Crippen LogP contribution in [0.5, 0.6) is 23.0 Å². The highest BCUT2D eigenvalue weighted by molar-refractivity contribution is 6.23. The number of esters is 1. The number of aromatic hydroxyl groups is 3. The lowest BCUT2D eigenvalue weighted by molar-refractivity contribution is -0.160. The van der Waals surface area contributed by atoms with Crippen molar-refractivity contribution >= 4 is 40.3 Å². The van der Waals surface area contributed by atoms with Crippen LogP contribution in [-0.2, 0) is 23.8 Å². The van der Waals surface area contributed by atoms with Gasteiger partial charge in [0.25, 0.3) is 11.7 Å². The van der Waals surface area contributed by atoms with Gasteiger partial charge in [0.05, 0.1) is 53.0 Å². The molecule has 0 aromatic heterocycles. The number of phenolic OH excluding ortho intramolecular Hbond substituents is 3. The summed E-state index contributed by atoms with van der Waals surface area (Å²) in [6, 6.07) is 0. The van der Waals surface area contributed by atoms with Gasteiger partial charge in [-0.15, -0.1) is 0 Å². The third-order valence-electron chi connectivity index (χ3n) is 11.9. The second-order valence-electron chi connectivity index (χ2n) is 16.1. The molecule has 1 saturated heterocycles. The molecule has 16 heteroatoms. The number of aliphatic hydroxyl groups is 2. The number of benzene rings is 2. The van der Waals surface area contributed by atoms with Crippen molar-refractivity contribution in [2.45, 2.75) is 85.6 Å². The molecule has 4 aliphatic heterocycles. The van der Waals surface area contributed by atoms with E-state index in [0.717, 1.165) is 13.1 Å². The van der Waals surface area contributed by atoms with Crippen LogP contribution in [0.1, 0.15) is 70.0 Å². The van der Waals surface area contributed by atoms with Crippen molar-refractivity contribution in [3.05, 3.63) is 52.8 Å². The molecule has 0 spiro atoms. The minimum Gasteiger partial charge on any atom is -0.507 e. The first kappa shape index (κ1) is 44.9. The van der Waals surface area contributed by atoms with Crippen LogP contribution >= 0.6 is 0 Å². The van der Waals surface area contributed by atoms with Crippen LogP contribution in [0.15, 0.2) is 41.2 Å². The number of carbonyl (C=O) groups is 3. The fraction of sp³-hybridized carbons (Fsp3) is 0.535. The summed E-state index contributed by atoms with van der Waals surface area (Å²) in [5.41, 5.74) is -0.350. The van der Waals surface area contributed by atoms with Crippen molar-refractivity contribution in [1.82, 2.24) is 9.91 Å². The topological polar surface area (TPSA) is 220 Å². The monoisotopic (exact) mass is 822 g/mol. The number of aliphatic hydroxyl groups excluding tert-OH is 2. The molecule has 0 radical (unpaired) electrons. The van der Waals surface area contributed by atoms with Crippen molar-refractivity contribution in [3.63, 3.8) is 0 Å². The fourth-order valence-corrected chi connectivity index (χ4v) is 7.92. The summed E-state index contributed by atoms with van der Waals surface area (Å²) in [6.45, 7) is 15.1. The van der Waals surface area contributed by atoms with Crippen LogP contribution in [0.25, 0.3) is 10.8 Å². The van der Waals surface area contributed by atoms with E-state index in [9.17, 15) is 39.9 Å². The summed E-state index contributed by atoms with van der Waals surface area (Å²) in [7, 11) is 3.42. The van der Waals surface area contributed by atoms with Gasteiger partial charge in [-0.1, -0.05) is 45.9 Å². The maximum Gasteiger partial charge on any atom is 0.312 e. The molecule has 9 atom stereocenters. The summed E-state index contributed by atoms with van der Waals surface area (Å²) in [5, 5.41) is 66.8. The Balaban J connectivity index is 1.70. The second kappa shape index (κ2) is 18.0. The van der Waals surface area contributed by atoms with Gasteiger partial charge < -0.3 is 54.7 Å². The Morgan fingerprint density at radius 1 is 0.949 bits per heavy atom. The van der Waals surface area contributed by atoms with Crippen LogP contribution in [0.2, 0.25) is 0 Å². The SMILES string of the molecule is CO[C@H]1/C=C\O[C@]2(C)Oc3c(C)c(O)c4c(O)c(c(/C=N/N5CCN(C)CC5)c(O)c4c3C2=O)NC(=O)/C(C)=C\C=C/[C@H](C)[C@H](O)[C@H](C)[C@H](O)[C@H](C)[C@H](OC(C)=O)[C@H]1C. The van der Waals surface area contributed by atoms with E-state index < -0.39 is 88.8 Å². The number of rotatable bonds is 4. The third kappa shape index (κ3) is 8.91. The molecule has 1 fully saturated rings. The number of likely N-dealkylation sites (N-methyl/N-ethyl adjacent to an activating group) is 1. The maximum absolute atomic E-state index is 14.4. The van der Waals surface area contributed by atoms with Gasteiger partial charge in [-0.05, 0) is 27.0 Å². The molecule has 4 heterocycles. The number of fused-ring (bicyclic) bond motifs is 14. The van der Waals surface area contributed by atoms with E-state index in [4.69, 9.17) is 18.9 Å². The van der Waals surface area contributed by atoms with Gasteiger partial charge >= 0.3 is 11.8 Å². The number of nitrogens with one attached hydrogen (secondary N) is 1. The van der Waals surface area contributed by atoms with E-state index in [0.29, 0.717) is 13.1 Å². The number of carbonyl (C=O) groups excluding carboxylic acids is 3. The predicted octanol–water partition coefficient (Wildman–Crippen LogP) is 4.34. The average molecular weight is 823 g/mol. The highest BCUT2D eigenvalue weighted by Gasteiger charge is 2.50. The smallest absolute Gasteiger partial charge is 0.312 e. The Hall–Kier alpha value is -5.16. The van der Waals surface area contributed by atoms with E-state index in [1.807, 2.05) is 7.05 Å². The van der Waals surface area contributed by atoms with E-state index in [1.165, 1.54) is 59.4 Å². The standard InChI is InChI=1S/C43H58N4O12/c1-21-12-11-13-22(2)42(55)45-33-28(20-44-47-17-15-46(9)16-18-47)37(52)30-31(38(33)53)36(51)26(6)40-32(30)41(54)43(8,59-40)57-19-14-29(56-10)23(3)39(58-27(7)48)25(5)35(50)24(4)34(21)49/h11-14,19-21,23-25,29,34-35,39,49-53H,15-18H2,1-10H3,(H,45,55)/b12-11-,19-14-,22-13-,44-20+/t21-,23-,24-,25-,29-,34-,35-,39+,43+/m0/s1. The van der Waals surface area contributed by atoms with Crippen LogP contribution in [0.4, 0.5) is 5.69 Å². The fourth-order valence-electron chi connectivity index (χ4n) is 7.92. The lowest BCUT2D eigenvalue weighted by atomic mass is 9.78. The van der Waals surface area contributed by atoms with Gasteiger partial charge in [-0.2, -0.15) is 5.10 Å². The van der Waals surface area contributed by atoms with E-state index >= 15 is 0 Å². The molecule has 0 unspecified atom stereocenters. The minimum absolute atomic E-state index is 0.0559. The first-order valence-electron chi connectivity index (χ1n) is 19.8. The molecule has 6 rings (SSSR count). The molecule has 4 aliphatic rings. The van der Waals surface area contributed by atoms with Crippen molar-refractivity contribution in [2.75, 3.05) is 45.7 Å². The summed E-state index contributed by atoms with van der Waals surface area (Å²) in [4.78, 5) is 42.6. The molecular weight excluding hydrogens is 764 g/mol. The number of allylic oxidation sites excluding steroid dienone is 2. The molecule has 0 saturated carbocycles. The van der Waals surface area contributed by atoms with E-state index in [1.54, 1.807) is 44.9 Å². The number of anilines is 1. The van der Waals surface area contributed by atoms with Crippen molar-refractivity contribution in [3.8, 4) is 23.0 Å². The predicted molar refractivity (Wildman–Crippen MR) is 220 cm³/mol. The molecule has 322 valence electrons. The zero-order chi connectivity index (χ0) is 43.7. The molecule has 59 heavy (non-hydrogen) atoms. The molecule has 5 bridgehead atoms. The van der Waals surface area contributed by atoms with Crippen molar-refractivity contribution in [2.24, 2.45) is 28.8 Å². The van der Waals surface area contributed by atoms with Gasteiger partial charge in [0, 0.05) is 87.3 Å². The second-order valence-corrected chi connectivity index (χ2v) is 16.1. The Morgan fingerprint density at radius 2 is 1.61 bits per heavy atom. The van der Waals surface area contributed by atoms with E-state index in [2.05, 4.69) is 15.3 Å². The summed E-state index contributed by atoms with van der Waals surface area (Å²) >= 11 is 0. The quantitative estimate of drug-likeness (QED) is 0.109. The summed E-state index contributed by atoms with van der Waals surface area (Å²) in [6.07, 6.45) is 4.86. The molecule has 16 nitrogen and oxygen atoms in total. The molecule has 2 aromatic carbocycles. The highest BCUT2D eigenvalue weighted by Crippen LogP contribution is 2.55. The van der Waals surface area contributed by atoms with Gasteiger partial charge in [-0.3, -0.25) is 19.4 Å². The number of hydrogen-bond donors (Lipinski definition) is 6. The number of piperazine rings is 1. The number of hydrogen-bond acceptors (Lipinski definition) is 15. The summed E-state index contributed by atoms with van der Waals surface area (Å²) < 4.78 is 23.6. The maximum atomic E-state index is 14.4. The van der Waals surface area contributed by atoms with Crippen LogP contribution < -0.4 is 10.1 Å². The molecule has 0 aliphatic carbocycles. The number of phenols is 3. The molecule has 2 aromatic rings. The zero-order valence-corrected chi connectivity index (χ0v) is 35.3. The van der Waals surface area contributed by atoms with Gasteiger partial charge in [-0.25, -0.2) is 0 Å². The number of methoxy groups -OCH3 is 1. The minimum atomic E-state index is -2.04. The van der Waals surface area contributed by atoms with Gasteiger partial charge in [0.2, 0.25) is 0 Å². The van der Waals surface area contributed by atoms with Crippen LogP contribution in [0, 0.1) is 30.6 Å². The number of hydrazone groups is 1. The Kier molecular flexibility index (Phi) is 13.7. The van der Waals surface area contributed by atoms with Crippen molar-refractivity contribution < 1.29 is 58.9 Å². The van der Waals surface area contributed by atoms with Gasteiger partial charge in [0.1, 0.15) is 23.4 Å². The Bertz CT molecular complexity index is 2070. The highest BCUT2D eigenvalue weighted by atomic mass is 16.7. The molecule has 6 N–H and O–H groups in total. The molecule has 1 amide bonds. The number of ether oxygens (including phenoxy) is 4. The average Bonchev–Trinajstić information content (AvgIpc) is 3.46. The Morgan fingerprint density at radius 3 is 2.24 bits per heavy atom. The largest absolute Gasteiger partial charge is 0.507 e. The number of Topliss-reactive ketones (excluding diaryl/α,β-unsaturated/α-hetero) is 1. The molecular formula is C43H58N4O12. The number of amides is 1. The normalized spacial score (nSPS) is 32.1. The van der Waals surface area contributed by atoms with Crippen LogP contribution in [-0.4, -0.2) is 130 Å². The third-order valence-corrected chi connectivity index (χ3v) is 11.9. The van der Waals surface area contributed by atoms with Crippen molar-refractivity contribution in [1.29, 1.82) is 0 Å². The Labute approximate surface area is 344 Å². The lowest BCUT2D eigenvalue weighted by Gasteiger charge is -2.38. The number of ketones is 1. The zero-order valence-electron chi connectivity index (χ0n) is 35.3. The summed E-state index contributed by atoms with van der Waals surface area (Å²) in [5.74, 6) is -8.34. The first-order valence-corrected chi connectivity index (χ1v) is 19.8.